The quantitative estimate of drug-likeness (QED) is 0.528. The standard InChI is InChI=1S/C22H27O3P/c1-16(2)24-26(23,25-17(3)4)22(20-14-10-7-11-15-20)18(5)21(22)19-12-8-6-9-13-19/h6-17H,1-5H3. The second-order valence-corrected chi connectivity index (χ2v) is 9.34. The van der Waals surface area contributed by atoms with Gasteiger partial charge in [-0.25, -0.2) is 0 Å². The molecule has 0 spiro atoms. The first-order chi connectivity index (χ1) is 12.3. The van der Waals surface area contributed by atoms with Crippen molar-refractivity contribution in [2.24, 2.45) is 0 Å². The zero-order chi connectivity index (χ0) is 18.9. The maximum absolute atomic E-state index is 14.2. The van der Waals surface area contributed by atoms with Gasteiger partial charge >= 0.3 is 7.60 Å². The Hall–Kier alpha value is -1.67. The Labute approximate surface area is 156 Å². The van der Waals surface area contributed by atoms with E-state index in [1.165, 1.54) is 0 Å². The van der Waals surface area contributed by atoms with E-state index in [0.29, 0.717) is 0 Å². The Morgan fingerprint density at radius 1 is 0.808 bits per heavy atom. The molecule has 2 aromatic carbocycles. The predicted octanol–water partition coefficient (Wildman–Crippen LogP) is 6.41. The van der Waals surface area contributed by atoms with Crippen LogP contribution in [0.1, 0.15) is 45.7 Å². The van der Waals surface area contributed by atoms with Crippen LogP contribution in [0.5, 0.6) is 0 Å². The lowest BCUT2D eigenvalue weighted by molar-refractivity contribution is 0.136. The van der Waals surface area contributed by atoms with Crippen LogP contribution in [0, 0.1) is 0 Å². The van der Waals surface area contributed by atoms with Crippen LogP contribution in [0.15, 0.2) is 66.2 Å². The summed E-state index contributed by atoms with van der Waals surface area (Å²) in [6, 6.07) is 20.0. The molecule has 1 aliphatic rings. The first-order valence-corrected chi connectivity index (χ1v) is 10.7. The van der Waals surface area contributed by atoms with Crippen LogP contribution in [0.2, 0.25) is 0 Å². The minimum absolute atomic E-state index is 0.203. The van der Waals surface area contributed by atoms with Gasteiger partial charge in [0.1, 0.15) is 5.16 Å². The summed E-state index contributed by atoms with van der Waals surface area (Å²) in [5.74, 6) is 0. The molecule has 0 saturated heterocycles. The molecule has 0 radical (unpaired) electrons. The summed E-state index contributed by atoms with van der Waals surface area (Å²) in [7, 11) is -3.50. The van der Waals surface area contributed by atoms with Crippen molar-refractivity contribution in [1.29, 1.82) is 0 Å². The summed E-state index contributed by atoms with van der Waals surface area (Å²) >= 11 is 0. The highest BCUT2D eigenvalue weighted by Crippen LogP contribution is 2.81. The van der Waals surface area contributed by atoms with E-state index >= 15 is 0 Å². The molecule has 1 atom stereocenters. The van der Waals surface area contributed by atoms with Crippen LogP contribution in [-0.2, 0) is 18.8 Å². The fourth-order valence-corrected chi connectivity index (χ4v) is 6.68. The fourth-order valence-electron chi connectivity index (χ4n) is 3.70. The summed E-state index contributed by atoms with van der Waals surface area (Å²) in [4.78, 5) is 0. The molecule has 0 fully saturated rings. The molecule has 138 valence electrons. The Bertz CT molecular complexity index is 826. The summed E-state index contributed by atoms with van der Waals surface area (Å²) in [6.07, 6.45) is -0.406. The summed E-state index contributed by atoms with van der Waals surface area (Å²) < 4.78 is 26.3. The molecule has 1 aliphatic carbocycles. The van der Waals surface area contributed by atoms with Crippen LogP contribution in [0.4, 0.5) is 0 Å². The summed E-state index contributed by atoms with van der Waals surface area (Å²) in [5.41, 5.74) is 4.13. The van der Waals surface area contributed by atoms with Gasteiger partial charge in [-0.05, 0) is 56.9 Å². The highest BCUT2D eigenvalue weighted by atomic mass is 31.2. The van der Waals surface area contributed by atoms with Crippen LogP contribution in [0.3, 0.4) is 0 Å². The number of hydrogen-bond acceptors (Lipinski definition) is 3. The monoisotopic (exact) mass is 370 g/mol. The average molecular weight is 370 g/mol. The van der Waals surface area contributed by atoms with Crippen molar-refractivity contribution in [1.82, 2.24) is 0 Å². The highest BCUT2D eigenvalue weighted by molar-refractivity contribution is 7.57. The summed E-state index contributed by atoms with van der Waals surface area (Å²) in [5, 5.41) is -0.815. The normalized spacial score (nSPS) is 20.1. The first-order valence-electron chi connectivity index (χ1n) is 9.12. The molecular formula is C22H27O3P. The molecule has 26 heavy (non-hydrogen) atoms. The SMILES string of the molecule is CC1=C(c2ccccc2)C1(c1ccccc1)P(=O)(OC(C)C)OC(C)C. The van der Waals surface area contributed by atoms with E-state index < -0.39 is 12.8 Å². The van der Waals surface area contributed by atoms with Crippen molar-refractivity contribution in [3.05, 3.63) is 77.4 Å². The Morgan fingerprint density at radius 3 is 1.73 bits per heavy atom. The van der Waals surface area contributed by atoms with Crippen molar-refractivity contribution in [2.45, 2.75) is 52.0 Å². The van der Waals surface area contributed by atoms with Crippen LogP contribution >= 0.6 is 7.60 Å². The molecule has 0 bridgehead atoms. The van der Waals surface area contributed by atoms with E-state index in [1.54, 1.807) is 0 Å². The van der Waals surface area contributed by atoms with E-state index in [-0.39, 0.29) is 12.2 Å². The third kappa shape index (κ3) is 3.09. The number of allylic oxidation sites excluding steroid dienone is 2. The van der Waals surface area contributed by atoms with Gasteiger partial charge in [0, 0.05) is 0 Å². The van der Waals surface area contributed by atoms with Gasteiger partial charge in [0.2, 0.25) is 0 Å². The summed E-state index contributed by atoms with van der Waals surface area (Å²) in [6.45, 7) is 9.63. The molecule has 0 N–H and O–H groups in total. The van der Waals surface area contributed by atoms with Crippen LogP contribution < -0.4 is 0 Å². The second-order valence-electron chi connectivity index (χ2n) is 7.25. The molecule has 0 aromatic heterocycles. The van der Waals surface area contributed by atoms with Crippen molar-refractivity contribution >= 4 is 13.2 Å². The number of hydrogen-bond donors (Lipinski definition) is 0. The van der Waals surface area contributed by atoms with Crippen molar-refractivity contribution in [2.75, 3.05) is 0 Å². The van der Waals surface area contributed by atoms with E-state index in [9.17, 15) is 4.57 Å². The van der Waals surface area contributed by atoms with Gasteiger partial charge in [0.25, 0.3) is 0 Å². The van der Waals surface area contributed by atoms with E-state index in [1.807, 2.05) is 83.1 Å². The lowest BCUT2D eigenvalue weighted by atomic mass is 10.0. The Morgan fingerprint density at radius 2 is 1.27 bits per heavy atom. The molecule has 3 rings (SSSR count). The van der Waals surface area contributed by atoms with Crippen LogP contribution in [0.25, 0.3) is 5.57 Å². The number of benzene rings is 2. The average Bonchev–Trinajstić information content (AvgIpc) is 3.22. The van der Waals surface area contributed by atoms with Gasteiger partial charge in [-0.3, -0.25) is 4.57 Å². The van der Waals surface area contributed by atoms with Gasteiger partial charge in [-0.2, -0.15) is 0 Å². The third-order valence-corrected chi connectivity index (χ3v) is 7.62. The smallest absolute Gasteiger partial charge is 0.305 e. The molecule has 0 heterocycles. The fraction of sp³-hybridized carbons (Fsp3) is 0.364. The molecule has 2 aromatic rings. The Balaban J connectivity index is 2.19. The largest absolute Gasteiger partial charge is 0.350 e. The van der Waals surface area contributed by atoms with E-state index in [4.69, 9.17) is 9.05 Å². The third-order valence-electron chi connectivity index (χ3n) is 4.58. The first kappa shape index (κ1) is 19.1. The van der Waals surface area contributed by atoms with E-state index in [0.717, 1.165) is 22.3 Å². The van der Waals surface area contributed by atoms with Gasteiger partial charge < -0.3 is 9.05 Å². The molecule has 0 aliphatic heterocycles. The highest BCUT2D eigenvalue weighted by Gasteiger charge is 2.67. The maximum Gasteiger partial charge on any atom is 0.350 e. The zero-order valence-electron chi connectivity index (χ0n) is 16.1. The minimum atomic E-state index is -3.50. The lowest BCUT2D eigenvalue weighted by Gasteiger charge is -2.33. The van der Waals surface area contributed by atoms with Crippen molar-refractivity contribution in [3.8, 4) is 0 Å². The van der Waals surface area contributed by atoms with Crippen LogP contribution in [-0.4, -0.2) is 12.2 Å². The number of rotatable bonds is 7. The van der Waals surface area contributed by atoms with Gasteiger partial charge in [0.15, 0.2) is 0 Å². The second kappa shape index (κ2) is 7.15. The molecular weight excluding hydrogens is 343 g/mol. The van der Waals surface area contributed by atoms with Gasteiger partial charge in [-0.15, -0.1) is 0 Å². The van der Waals surface area contributed by atoms with Crippen molar-refractivity contribution < 1.29 is 13.6 Å². The molecule has 0 saturated carbocycles. The molecule has 0 amide bonds. The maximum atomic E-state index is 14.2. The Kier molecular flexibility index (Phi) is 5.25. The minimum Gasteiger partial charge on any atom is -0.305 e. The lowest BCUT2D eigenvalue weighted by Crippen LogP contribution is -2.22. The molecule has 3 nitrogen and oxygen atoms in total. The van der Waals surface area contributed by atoms with Crippen molar-refractivity contribution in [3.63, 3.8) is 0 Å². The molecule has 4 heteroatoms. The van der Waals surface area contributed by atoms with Gasteiger partial charge in [0.05, 0.1) is 12.2 Å². The molecule has 1 unspecified atom stereocenters. The predicted molar refractivity (Wildman–Crippen MR) is 107 cm³/mol. The van der Waals surface area contributed by atoms with E-state index in [2.05, 4.69) is 12.1 Å². The zero-order valence-corrected chi connectivity index (χ0v) is 17.0. The topological polar surface area (TPSA) is 35.5 Å². The van der Waals surface area contributed by atoms with Gasteiger partial charge in [-0.1, -0.05) is 60.7 Å².